The maximum Gasteiger partial charge on any atom is 0.335 e. The number of hydrogen-bond acceptors (Lipinski definition) is 7. The zero-order valence-corrected chi connectivity index (χ0v) is 15.7. The third-order valence-electron chi connectivity index (χ3n) is 4.27. The number of nitrogens with zero attached hydrogens (tertiary/aromatic N) is 2. The van der Waals surface area contributed by atoms with Crippen molar-refractivity contribution in [2.45, 2.75) is 26.7 Å². The van der Waals surface area contributed by atoms with Crippen molar-refractivity contribution in [3.63, 3.8) is 0 Å². The van der Waals surface area contributed by atoms with Crippen molar-refractivity contribution >= 4 is 23.1 Å². The Morgan fingerprint density at radius 2 is 2.40 bits per heavy atom. The van der Waals surface area contributed by atoms with E-state index in [1.54, 1.807) is 20.0 Å². The van der Waals surface area contributed by atoms with Gasteiger partial charge in [0.25, 0.3) is 0 Å². The van der Waals surface area contributed by atoms with E-state index in [0.29, 0.717) is 41.9 Å². The quantitative estimate of drug-likeness (QED) is 0.293. The first-order valence-electron chi connectivity index (χ1n) is 8.59. The van der Waals surface area contributed by atoms with Crippen LogP contribution in [0, 0.1) is 11.3 Å². The predicted molar refractivity (Wildman–Crippen MR) is 99.6 cm³/mol. The summed E-state index contributed by atoms with van der Waals surface area (Å²) in [5, 5.41) is 13.7. The highest BCUT2D eigenvalue weighted by Crippen LogP contribution is 2.17. The van der Waals surface area contributed by atoms with Crippen molar-refractivity contribution < 1.29 is 9.53 Å². The molecule has 1 aliphatic heterocycles. The van der Waals surface area contributed by atoms with Gasteiger partial charge in [-0.15, -0.1) is 11.3 Å². The lowest BCUT2D eigenvalue weighted by atomic mass is 9.98. The maximum atomic E-state index is 12.2. The van der Waals surface area contributed by atoms with Crippen LogP contribution in [0.25, 0.3) is 0 Å². The van der Waals surface area contributed by atoms with Crippen LogP contribution in [-0.2, 0) is 9.53 Å². The van der Waals surface area contributed by atoms with Gasteiger partial charge in [0.2, 0.25) is 0 Å². The molecule has 0 amide bonds. The summed E-state index contributed by atoms with van der Waals surface area (Å²) in [6, 6.07) is 0. The SMILES string of the molecule is CCOC(=O)/C(C)=C(\CN1CCCC(CN)C1)NC(=N)c1nccs1. The summed E-state index contributed by atoms with van der Waals surface area (Å²) in [6.45, 7) is 6.95. The third kappa shape index (κ3) is 5.62. The first-order valence-corrected chi connectivity index (χ1v) is 9.47. The number of likely N-dealkylation sites (tertiary alicyclic amines) is 1. The van der Waals surface area contributed by atoms with Crippen molar-refractivity contribution in [1.29, 1.82) is 5.41 Å². The minimum absolute atomic E-state index is 0.195. The van der Waals surface area contributed by atoms with Gasteiger partial charge in [-0.2, -0.15) is 0 Å². The van der Waals surface area contributed by atoms with E-state index in [9.17, 15) is 4.79 Å². The molecule has 2 heterocycles. The molecule has 25 heavy (non-hydrogen) atoms. The van der Waals surface area contributed by atoms with E-state index in [1.807, 2.05) is 5.38 Å². The van der Waals surface area contributed by atoms with Gasteiger partial charge in [-0.25, -0.2) is 9.78 Å². The van der Waals surface area contributed by atoms with Crippen LogP contribution in [0.3, 0.4) is 0 Å². The Hall–Kier alpha value is -1.77. The normalized spacial score (nSPS) is 19.2. The zero-order valence-electron chi connectivity index (χ0n) is 14.9. The molecule has 1 aromatic heterocycles. The molecule has 1 atom stereocenters. The molecule has 1 fully saturated rings. The van der Waals surface area contributed by atoms with Gasteiger partial charge in [-0.1, -0.05) is 0 Å². The molecule has 8 heteroatoms. The smallest absolute Gasteiger partial charge is 0.335 e. The highest BCUT2D eigenvalue weighted by atomic mass is 32.1. The first kappa shape index (κ1) is 19.6. The van der Waals surface area contributed by atoms with Crippen molar-refractivity contribution in [1.82, 2.24) is 15.2 Å². The van der Waals surface area contributed by atoms with Gasteiger partial charge < -0.3 is 15.8 Å². The number of esters is 1. The van der Waals surface area contributed by atoms with E-state index in [2.05, 4.69) is 15.2 Å². The van der Waals surface area contributed by atoms with E-state index in [-0.39, 0.29) is 11.8 Å². The van der Waals surface area contributed by atoms with Gasteiger partial charge in [-0.05, 0) is 45.7 Å². The van der Waals surface area contributed by atoms with E-state index >= 15 is 0 Å². The summed E-state index contributed by atoms with van der Waals surface area (Å²) in [5.74, 6) is 0.321. The second kappa shape index (κ2) is 9.65. The topological polar surface area (TPSA) is 104 Å². The van der Waals surface area contributed by atoms with Gasteiger partial charge in [0.05, 0.1) is 12.2 Å². The van der Waals surface area contributed by atoms with Crippen molar-refractivity contribution in [3.05, 3.63) is 27.9 Å². The standard InChI is InChI=1S/C17H27N5O2S/c1-3-24-17(23)12(2)14(21-15(19)16-20-6-8-25-16)11-22-7-4-5-13(9-18)10-22/h6,8,13H,3-5,7,9-11,18H2,1-2H3,(H2,19,21)/b14-12+. The Bertz CT molecular complexity index is 615. The van der Waals surface area contributed by atoms with Crippen LogP contribution in [0.5, 0.6) is 0 Å². The Morgan fingerprint density at radius 1 is 1.60 bits per heavy atom. The Labute approximate surface area is 152 Å². The third-order valence-corrected chi connectivity index (χ3v) is 5.07. The number of aromatic nitrogens is 1. The van der Waals surface area contributed by atoms with E-state index < -0.39 is 0 Å². The summed E-state index contributed by atoms with van der Waals surface area (Å²) >= 11 is 1.39. The number of piperidine rings is 1. The first-order chi connectivity index (χ1) is 12.0. The second-order valence-corrected chi connectivity index (χ2v) is 7.03. The number of hydrogen-bond donors (Lipinski definition) is 3. The number of nitrogens with one attached hydrogen (secondary N) is 2. The minimum atomic E-state index is -0.357. The average Bonchev–Trinajstić information content (AvgIpc) is 3.15. The fourth-order valence-electron chi connectivity index (χ4n) is 2.88. The van der Waals surface area contributed by atoms with Crippen LogP contribution >= 0.6 is 11.3 Å². The highest BCUT2D eigenvalue weighted by Gasteiger charge is 2.22. The maximum absolute atomic E-state index is 12.2. The number of amidine groups is 1. The van der Waals surface area contributed by atoms with Gasteiger partial charge in [-0.3, -0.25) is 10.3 Å². The molecule has 0 bridgehead atoms. The molecular formula is C17H27N5O2S. The number of ether oxygens (including phenoxy) is 1. The van der Waals surface area contributed by atoms with Gasteiger partial charge in [0, 0.05) is 30.4 Å². The molecule has 0 spiro atoms. The molecule has 0 saturated carbocycles. The van der Waals surface area contributed by atoms with E-state index in [1.165, 1.54) is 11.3 Å². The van der Waals surface area contributed by atoms with E-state index in [4.69, 9.17) is 15.9 Å². The number of rotatable bonds is 7. The lowest BCUT2D eigenvalue weighted by Gasteiger charge is -2.33. The molecular weight excluding hydrogens is 338 g/mol. The molecule has 138 valence electrons. The molecule has 1 aromatic rings. The van der Waals surface area contributed by atoms with Gasteiger partial charge in [0.15, 0.2) is 10.8 Å². The Kier molecular flexibility index (Phi) is 7.54. The monoisotopic (exact) mass is 365 g/mol. The fourth-order valence-corrected chi connectivity index (χ4v) is 3.42. The molecule has 0 aliphatic carbocycles. The van der Waals surface area contributed by atoms with Crippen LogP contribution < -0.4 is 11.1 Å². The van der Waals surface area contributed by atoms with Crippen LogP contribution in [-0.4, -0.2) is 54.5 Å². The number of nitrogens with two attached hydrogens (primary N) is 1. The molecule has 1 unspecified atom stereocenters. The Morgan fingerprint density at radius 3 is 3.04 bits per heavy atom. The molecule has 2 rings (SSSR count). The van der Waals surface area contributed by atoms with Gasteiger partial charge in [0.1, 0.15) is 0 Å². The largest absolute Gasteiger partial charge is 0.463 e. The summed E-state index contributed by atoms with van der Waals surface area (Å²) in [7, 11) is 0. The lowest BCUT2D eigenvalue weighted by Crippen LogP contribution is -2.42. The molecule has 1 saturated heterocycles. The summed E-state index contributed by atoms with van der Waals surface area (Å²) in [4.78, 5) is 18.6. The number of carbonyl (C=O) groups excluding carboxylic acids is 1. The molecule has 0 aromatic carbocycles. The minimum Gasteiger partial charge on any atom is -0.463 e. The van der Waals surface area contributed by atoms with Crippen LogP contribution in [0.1, 0.15) is 31.7 Å². The molecule has 1 aliphatic rings. The average molecular weight is 366 g/mol. The highest BCUT2D eigenvalue weighted by molar-refractivity contribution is 7.11. The van der Waals surface area contributed by atoms with Crippen molar-refractivity contribution in [2.75, 3.05) is 32.8 Å². The van der Waals surface area contributed by atoms with Crippen LogP contribution in [0.4, 0.5) is 0 Å². The predicted octanol–water partition coefficient (Wildman–Crippen LogP) is 1.57. The number of thiazole rings is 1. The summed E-state index contributed by atoms with van der Waals surface area (Å²) in [6.07, 6.45) is 3.90. The second-order valence-electron chi connectivity index (χ2n) is 6.14. The Balaban J connectivity index is 2.15. The number of carbonyl (C=O) groups is 1. The van der Waals surface area contributed by atoms with E-state index in [0.717, 1.165) is 25.9 Å². The fraction of sp³-hybridized carbons (Fsp3) is 0.588. The molecule has 0 radical (unpaired) electrons. The van der Waals surface area contributed by atoms with Crippen LogP contribution in [0.2, 0.25) is 0 Å². The van der Waals surface area contributed by atoms with Crippen LogP contribution in [0.15, 0.2) is 22.8 Å². The van der Waals surface area contributed by atoms with Crippen molar-refractivity contribution in [2.24, 2.45) is 11.7 Å². The van der Waals surface area contributed by atoms with Crippen molar-refractivity contribution in [3.8, 4) is 0 Å². The summed E-state index contributed by atoms with van der Waals surface area (Å²) in [5.41, 5.74) is 7.01. The lowest BCUT2D eigenvalue weighted by molar-refractivity contribution is -0.138. The summed E-state index contributed by atoms with van der Waals surface area (Å²) < 4.78 is 5.13. The molecule has 7 nitrogen and oxygen atoms in total. The molecule has 4 N–H and O–H groups in total. The zero-order chi connectivity index (χ0) is 18.2. The van der Waals surface area contributed by atoms with Gasteiger partial charge >= 0.3 is 5.97 Å².